The molecule has 1 atom stereocenters. The average molecular weight is 325 g/mol. The number of carbonyl (C=O) groups excluding carboxylic acids is 1. The molecule has 3 rings (SSSR count). The van der Waals surface area contributed by atoms with Crippen molar-refractivity contribution in [1.82, 2.24) is 10.2 Å². The maximum Gasteiger partial charge on any atom is 0.338 e. The standard InChI is InChI=1S/C16H11N3O3S/c1-10(14-18-19-15(22-14)13-3-2-8-23-13)21-16(20)12-6-4-11(9-17)5-7-12/h2-8,10H,1H3/t10-/m0/s1. The number of thiophene rings is 1. The molecule has 2 heterocycles. The van der Waals surface area contributed by atoms with Crippen LogP contribution in [-0.4, -0.2) is 16.2 Å². The van der Waals surface area contributed by atoms with E-state index in [4.69, 9.17) is 14.4 Å². The van der Waals surface area contributed by atoms with Gasteiger partial charge in [-0.25, -0.2) is 4.79 Å². The van der Waals surface area contributed by atoms with E-state index < -0.39 is 12.1 Å². The summed E-state index contributed by atoms with van der Waals surface area (Å²) < 4.78 is 10.8. The van der Waals surface area contributed by atoms with E-state index in [0.29, 0.717) is 17.0 Å². The van der Waals surface area contributed by atoms with Crippen LogP contribution in [0.4, 0.5) is 0 Å². The molecule has 23 heavy (non-hydrogen) atoms. The minimum Gasteiger partial charge on any atom is -0.449 e. The molecule has 0 aliphatic rings. The largest absolute Gasteiger partial charge is 0.449 e. The van der Waals surface area contributed by atoms with Gasteiger partial charge in [-0.1, -0.05) is 6.07 Å². The first-order chi connectivity index (χ1) is 11.2. The molecule has 0 bridgehead atoms. The van der Waals surface area contributed by atoms with Gasteiger partial charge in [0.2, 0.25) is 0 Å². The van der Waals surface area contributed by atoms with Crippen molar-refractivity contribution in [2.24, 2.45) is 0 Å². The Morgan fingerprint density at radius 1 is 1.30 bits per heavy atom. The molecule has 0 saturated carbocycles. The van der Waals surface area contributed by atoms with Crippen LogP contribution < -0.4 is 0 Å². The van der Waals surface area contributed by atoms with Crippen molar-refractivity contribution in [3.63, 3.8) is 0 Å². The van der Waals surface area contributed by atoms with Crippen molar-refractivity contribution in [1.29, 1.82) is 5.26 Å². The molecule has 0 N–H and O–H groups in total. The summed E-state index contributed by atoms with van der Waals surface area (Å²) in [6.07, 6.45) is -0.667. The highest BCUT2D eigenvalue weighted by atomic mass is 32.1. The van der Waals surface area contributed by atoms with Gasteiger partial charge in [0.25, 0.3) is 11.8 Å². The average Bonchev–Trinajstić information content (AvgIpc) is 3.25. The van der Waals surface area contributed by atoms with Gasteiger partial charge in [-0.05, 0) is 42.6 Å². The molecule has 0 fully saturated rings. The summed E-state index contributed by atoms with van der Waals surface area (Å²) in [7, 11) is 0. The Balaban J connectivity index is 1.70. The number of nitrogens with zero attached hydrogens (tertiary/aromatic N) is 3. The van der Waals surface area contributed by atoms with E-state index in [-0.39, 0.29) is 5.89 Å². The van der Waals surface area contributed by atoms with Gasteiger partial charge in [-0.15, -0.1) is 21.5 Å². The molecule has 0 saturated heterocycles. The number of hydrogen-bond donors (Lipinski definition) is 0. The molecule has 2 aromatic heterocycles. The van der Waals surface area contributed by atoms with Crippen LogP contribution in [0.3, 0.4) is 0 Å². The van der Waals surface area contributed by atoms with E-state index in [1.54, 1.807) is 31.2 Å². The van der Waals surface area contributed by atoms with Crippen LogP contribution in [0, 0.1) is 11.3 Å². The molecule has 0 radical (unpaired) electrons. The second kappa shape index (κ2) is 6.42. The van der Waals surface area contributed by atoms with Crippen LogP contribution in [0.15, 0.2) is 46.2 Å². The summed E-state index contributed by atoms with van der Waals surface area (Å²) in [6, 6.07) is 11.9. The topological polar surface area (TPSA) is 89.0 Å². The quantitative estimate of drug-likeness (QED) is 0.681. The van der Waals surface area contributed by atoms with Crippen LogP contribution in [0.25, 0.3) is 10.8 Å². The van der Waals surface area contributed by atoms with Crippen LogP contribution in [0.5, 0.6) is 0 Å². The number of esters is 1. The van der Waals surface area contributed by atoms with Crippen molar-refractivity contribution < 1.29 is 13.9 Å². The van der Waals surface area contributed by atoms with Crippen LogP contribution in [0.2, 0.25) is 0 Å². The first-order valence-electron chi connectivity index (χ1n) is 6.76. The summed E-state index contributed by atoms with van der Waals surface area (Å²) in [5.41, 5.74) is 0.834. The van der Waals surface area contributed by atoms with Gasteiger partial charge in [0.1, 0.15) is 0 Å². The third-order valence-electron chi connectivity index (χ3n) is 3.05. The zero-order valence-corrected chi connectivity index (χ0v) is 12.9. The normalized spacial score (nSPS) is 11.7. The predicted octanol–water partition coefficient (Wildman–Crippen LogP) is 3.59. The second-order valence-corrected chi connectivity index (χ2v) is 5.61. The number of ether oxygens (including phenoxy) is 1. The molecule has 1 aromatic carbocycles. The van der Waals surface area contributed by atoms with Crippen LogP contribution in [-0.2, 0) is 4.74 Å². The molecule has 114 valence electrons. The fraction of sp³-hybridized carbons (Fsp3) is 0.125. The van der Waals surface area contributed by atoms with Gasteiger partial charge in [0.15, 0.2) is 6.10 Å². The minimum atomic E-state index is -0.667. The lowest BCUT2D eigenvalue weighted by molar-refractivity contribution is 0.0280. The first kappa shape index (κ1) is 14.9. The fourth-order valence-corrected chi connectivity index (χ4v) is 2.50. The van der Waals surface area contributed by atoms with Crippen LogP contribution >= 0.6 is 11.3 Å². The zero-order chi connectivity index (χ0) is 16.2. The number of benzene rings is 1. The number of carbonyl (C=O) groups is 1. The molecule has 0 unspecified atom stereocenters. The maximum atomic E-state index is 12.1. The Hall–Kier alpha value is -2.98. The molecule has 7 heteroatoms. The predicted molar refractivity (Wildman–Crippen MR) is 82.6 cm³/mol. The number of aromatic nitrogens is 2. The van der Waals surface area contributed by atoms with E-state index >= 15 is 0 Å². The van der Waals surface area contributed by atoms with Crippen molar-refractivity contribution in [3.05, 3.63) is 58.8 Å². The minimum absolute atomic E-state index is 0.232. The van der Waals surface area contributed by atoms with Gasteiger partial charge < -0.3 is 9.15 Å². The molecule has 0 spiro atoms. The monoisotopic (exact) mass is 325 g/mol. The highest BCUT2D eigenvalue weighted by molar-refractivity contribution is 7.13. The summed E-state index contributed by atoms with van der Waals surface area (Å²) in [4.78, 5) is 12.9. The number of nitriles is 1. The summed E-state index contributed by atoms with van der Waals surface area (Å²) in [5, 5.41) is 18.5. The molecule has 3 aromatic rings. The van der Waals surface area contributed by atoms with E-state index in [1.807, 2.05) is 23.6 Å². The third kappa shape index (κ3) is 3.27. The SMILES string of the molecule is C[C@H](OC(=O)c1ccc(C#N)cc1)c1nnc(-c2cccs2)o1. The summed E-state index contributed by atoms with van der Waals surface area (Å²) >= 11 is 1.48. The molecule has 0 aliphatic carbocycles. The lowest BCUT2D eigenvalue weighted by atomic mass is 10.1. The van der Waals surface area contributed by atoms with Crippen LogP contribution in [0.1, 0.15) is 34.8 Å². The van der Waals surface area contributed by atoms with E-state index in [0.717, 1.165) is 4.88 Å². The highest BCUT2D eigenvalue weighted by Crippen LogP contribution is 2.26. The Bertz CT molecular complexity index is 848. The molecular weight excluding hydrogens is 314 g/mol. The number of rotatable bonds is 4. The highest BCUT2D eigenvalue weighted by Gasteiger charge is 2.20. The lowest BCUT2D eigenvalue weighted by Gasteiger charge is -2.09. The van der Waals surface area contributed by atoms with Gasteiger partial charge in [-0.3, -0.25) is 0 Å². The first-order valence-corrected chi connectivity index (χ1v) is 7.64. The van der Waals surface area contributed by atoms with Gasteiger partial charge in [0.05, 0.1) is 22.1 Å². The van der Waals surface area contributed by atoms with Crippen molar-refractivity contribution >= 4 is 17.3 Å². The lowest BCUT2D eigenvalue weighted by Crippen LogP contribution is -2.09. The van der Waals surface area contributed by atoms with Crippen molar-refractivity contribution in [2.75, 3.05) is 0 Å². The molecule has 6 nitrogen and oxygen atoms in total. The third-order valence-corrected chi connectivity index (χ3v) is 3.91. The Morgan fingerprint density at radius 2 is 2.09 bits per heavy atom. The zero-order valence-electron chi connectivity index (χ0n) is 12.1. The second-order valence-electron chi connectivity index (χ2n) is 4.66. The Kier molecular flexibility index (Phi) is 4.17. The van der Waals surface area contributed by atoms with Crippen molar-refractivity contribution in [3.8, 4) is 16.8 Å². The van der Waals surface area contributed by atoms with E-state index in [9.17, 15) is 4.79 Å². The molecule has 0 amide bonds. The molecule has 0 aliphatic heterocycles. The Morgan fingerprint density at radius 3 is 2.74 bits per heavy atom. The van der Waals surface area contributed by atoms with Gasteiger partial charge in [0, 0.05) is 0 Å². The van der Waals surface area contributed by atoms with Gasteiger partial charge in [-0.2, -0.15) is 5.26 Å². The van der Waals surface area contributed by atoms with E-state index in [2.05, 4.69) is 10.2 Å². The number of hydrogen-bond acceptors (Lipinski definition) is 7. The summed E-state index contributed by atoms with van der Waals surface area (Å²) in [6.45, 7) is 1.66. The fourth-order valence-electron chi connectivity index (χ4n) is 1.86. The van der Waals surface area contributed by atoms with E-state index in [1.165, 1.54) is 11.3 Å². The molecular formula is C16H11N3O3S. The smallest absolute Gasteiger partial charge is 0.338 e. The van der Waals surface area contributed by atoms with Crippen molar-refractivity contribution in [2.45, 2.75) is 13.0 Å². The maximum absolute atomic E-state index is 12.1. The van der Waals surface area contributed by atoms with Gasteiger partial charge >= 0.3 is 5.97 Å². The summed E-state index contributed by atoms with van der Waals surface area (Å²) in [5.74, 6) is 0.115. The Labute approximate surface area is 136 Å².